The van der Waals surface area contributed by atoms with Crippen LogP contribution in [-0.2, 0) is 11.2 Å². The Morgan fingerprint density at radius 1 is 1.06 bits per heavy atom. The van der Waals surface area contributed by atoms with Crippen molar-refractivity contribution in [2.45, 2.75) is 50.7 Å². The van der Waals surface area contributed by atoms with Gasteiger partial charge in [0.1, 0.15) is 5.75 Å². The summed E-state index contributed by atoms with van der Waals surface area (Å²) in [6.07, 6.45) is 4.26. The van der Waals surface area contributed by atoms with E-state index in [1.54, 1.807) is 18.2 Å². The lowest BCUT2D eigenvalue weighted by Gasteiger charge is -2.29. The van der Waals surface area contributed by atoms with Crippen LogP contribution in [0, 0.1) is 5.92 Å². The van der Waals surface area contributed by atoms with Crippen LogP contribution in [0.2, 0.25) is 10.0 Å². The van der Waals surface area contributed by atoms with Gasteiger partial charge in [0.05, 0.1) is 10.2 Å². The van der Waals surface area contributed by atoms with Crippen molar-refractivity contribution >= 4 is 56.4 Å². The van der Waals surface area contributed by atoms with Gasteiger partial charge in [-0.3, -0.25) is 9.59 Å². The number of carbonyl (C=O) groups is 2. The molecule has 0 radical (unpaired) electrons. The summed E-state index contributed by atoms with van der Waals surface area (Å²) in [6, 6.07) is 11.1. The number of rotatable bonds is 5. The monoisotopic (exact) mass is 488 g/mol. The maximum atomic E-state index is 12.8. The number of thiazole rings is 1. The normalized spacial score (nSPS) is 22.4. The minimum atomic E-state index is -0.409. The Balaban J connectivity index is 1.11. The third-order valence-electron chi connectivity index (χ3n) is 6.27. The minimum Gasteiger partial charge on any atom is -0.482 e. The second-order valence-corrected chi connectivity index (χ2v) is 10.5. The predicted molar refractivity (Wildman–Crippen MR) is 127 cm³/mol. The van der Waals surface area contributed by atoms with Gasteiger partial charge in [0.25, 0.3) is 5.91 Å². The van der Waals surface area contributed by atoms with E-state index in [2.05, 4.69) is 10.3 Å². The number of halogens is 2. The Kier molecular flexibility index (Phi) is 6.10. The fourth-order valence-electron chi connectivity index (χ4n) is 4.57. The van der Waals surface area contributed by atoms with Gasteiger partial charge in [0, 0.05) is 28.9 Å². The first-order chi connectivity index (χ1) is 15.4. The molecule has 1 amide bonds. The van der Waals surface area contributed by atoms with E-state index in [9.17, 15) is 9.59 Å². The van der Waals surface area contributed by atoms with Crippen molar-refractivity contribution < 1.29 is 14.3 Å². The van der Waals surface area contributed by atoms with E-state index in [0.29, 0.717) is 33.8 Å². The molecule has 1 N–H and O–H groups in total. The molecular formula is C24H22Cl2N2O3S. The van der Waals surface area contributed by atoms with Crippen LogP contribution in [0.5, 0.6) is 5.75 Å². The summed E-state index contributed by atoms with van der Waals surface area (Å²) < 4.78 is 6.79. The summed E-state index contributed by atoms with van der Waals surface area (Å²) >= 11 is 13.4. The largest absolute Gasteiger partial charge is 0.482 e. The SMILES string of the molecule is O=C(NC1CCC(CC(=O)C2Cc3cc(Cl)ccc3O2)CC1)c1nc2cc(Cl)ccc2s1. The molecule has 1 atom stereocenters. The first kappa shape index (κ1) is 21.7. The Bertz CT molecular complexity index is 1190. The molecular weight excluding hydrogens is 467 g/mol. The van der Waals surface area contributed by atoms with Gasteiger partial charge in [-0.25, -0.2) is 4.98 Å². The average Bonchev–Trinajstić information content (AvgIpc) is 3.38. The first-order valence-corrected chi connectivity index (χ1v) is 12.4. The second kappa shape index (κ2) is 9.00. The summed E-state index contributed by atoms with van der Waals surface area (Å²) in [6.45, 7) is 0. The highest BCUT2D eigenvalue weighted by molar-refractivity contribution is 7.20. The summed E-state index contributed by atoms with van der Waals surface area (Å²) in [4.78, 5) is 29.8. The summed E-state index contributed by atoms with van der Waals surface area (Å²) in [5.74, 6) is 1.10. The van der Waals surface area contributed by atoms with Crippen molar-refractivity contribution in [3.8, 4) is 5.75 Å². The average molecular weight is 489 g/mol. The van der Waals surface area contributed by atoms with E-state index in [4.69, 9.17) is 27.9 Å². The lowest BCUT2D eigenvalue weighted by molar-refractivity contribution is -0.126. The smallest absolute Gasteiger partial charge is 0.280 e. The molecule has 5 nitrogen and oxygen atoms in total. The molecule has 166 valence electrons. The molecule has 2 aliphatic rings. The van der Waals surface area contributed by atoms with Gasteiger partial charge < -0.3 is 10.1 Å². The molecule has 5 rings (SSSR count). The van der Waals surface area contributed by atoms with Crippen molar-refractivity contribution in [2.75, 3.05) is 0 Å². The molecule has 8 heteroatoms. The van der Waals surface area contributed by atoms with Crippen molar-refractivity contribution in [3.05, 3.63) is 57.0 Å². The van der Waals surface area contributed by atoms with Crippen LogP contribution in [0.15, 0.2) is 36.4 Å². The number of nitrogens with zero attached hydrogens (tertiary/aromatic N) is 1. The Morgan fingerprint density at radius 3 is 2.62 bits per heavy atom. The fraction of sp³-hybridized carbons (Fsp3) is 0.375. The standard InChI is InChI=1S/C24H22Cl2N2O3S/c25-15-3-7-20-14(10-15)11-21(31-20)19(29)9-13-1-5-17(6-2-13)27-23(30)24-28-18-12-16(26)4-8-22(18)32-24/h3-4,7-8,10,12-13,17,21H,1-2,5-6,9,11H2,(H,27,30). The molecule has 1 aliphatic heterocycles. The molecule has 2 heterocycles. The fourth-order valence-corrected chi connectivity index (χ4v) is 5.78. The third kappa shape index (κ3) is 4.63. The van der Waals surface area contributed by atoms with Gasteiger partial charge in [-0.05, 0) is 73.6 Å². The van der Waals surface area contributed by atoms with Gasteiger partial charge in [-0.15, -0.1) is 11.3 Å². The number of aromatic nitrogens is 1. The van der Waals surface area contributed by atoms with E-state index in [1.807, 2.05) is 18.2 Å². The third-order valence-corrected chi connectivity index (χ3v) is 7.78. The topological polar surface area (TPSA) is 68.3 Å². The van der Waals surface area contributed by atoms with E-state index < -0.39 is 6.10 Å². The van der Waals surface area contributed by atoms with Crippen LogP contribution in [0.4, 0.5) is 0 Å². The number of ether oxygens (including phenoxy) is 1. The zero-order valence-electron chi connectivity index (χ0n) is 17.3. The van der Waals surface area contributed by atoms with E-state index >= 15 is 0 Å². The summed E-state index contributed by atoms with van der Waals surface area (Å²) in [7, 11) is 0. The first-order valence-electron chi connectivity index (χ1n) is 10.8. The number of hydrogen-bond donors (Lipinski definition) is 1. The zero-order chi connectivity index (χ0) is 22.2. The van der Waals surface area contributed by atoms with Crippen LogP contribution < -0.4 is 10.1 Å². The van der Waals surface area contributed by atoms with Gasteiger partial charge >= 0.3 is 0 Å². The molecule has 1 fully saturated rings. The second-order valence-electron chi connectivity index (χ2n) is 8.56. The minimum absolute atomic E-state index is 0.110. The maximum absolute atomic E-state index is 12.8. The Morgan fingerprint density at radius 2 is 1.81 bits per heavy atom. The number of Topliss-reactive ketones (excluding diaryl/α,β-unsaturated/α-hetero) is 1. The number of hydrogen-bond acceptors (Lipinski definition) is 5. The van der Waals surface area contributed by atoms with Crippen LogP contribution in [0.3, 0.4) is 0 Å². The molecule has 1 unspecified atom stereocenters. The number of amides is 1. The number of fused-ring (bicyclic) bond motifs is 2. The summed E-state index contributed by atoms with van der Waals surface area (Å²) in [5.41, 5.74) is 1.74. The quantitative estimate of drug-likeness (QED) is 0.488. The molecule has 3 aromatic rings. The van der Waals surface area contributed by atoms with Gasteiger partial charge in [-0.2, -0.15) is 0 Å². The molecule has 1 saturated carbocycles. The van der Waals surface area contributed by atoms with Crippen molar-refractivity contribution in [1.29, 1.82) is 0 Å². The van der Waals surface area contributed by atoms with E-state index in [1.165, 1.54) is 11.3 Å². The number of benzene rings is 2. The van der Waals surface area contributed by atoms with Crippen LogP contribution in [-0.4, -0.2) is 28.8 Å². The number of carbonyl (C=O) groups excluding carboxylic acids is 2. The molecule has 32 heavy (non-hydrogen) atoms. The van der Waals surface area contributed by atoms with Crippen LogP contribution in [0.25, 0.3) is 10.2 Å². The van der Waals surface area contributed by atoms with Gasteiger partial charge in [-0.1, -0.05) is 23.2 Å². The highest BCUT2D eigenvalue weighted by Crippen LogP contribution is 2.34. The molecule has 0 spiro atoms. The molecule has 1 aromatic heterocycles. The summed E-state index contributed by atoms with van der Waals surface area (Å²) in [5, 5.41) is 4.84. The number of ketones is 1. The Labute approximate surface area is 200 Å². The van der Waals surface area contributed by atoms with Crippen molar-refractivity contribution in [2.24, 2.45) is 5.92 Å². The molecule has 2 aromatic carbocycles. The highest BCUT2D eigenvalue weighted by Gasteiger charge is 2.32. The van der Waals surface area contributed by atoms with Crippen molar-refractivity contribution in [1.82, 2.24) is 10.3 Å². The zero-order valence-corrected chi connectivity index (χ0v) is 19.6. The van der Waals surface area contributed by atoms with Gasteiger partial charge in [0.2, 0.25) is 0 Å². The molecule has 0 saturated heterocycles. The lowest BCUT2D eigenvalue weighted by atomic mass is 9.82. The predicted octanol–water partition coefficient (Wildman–Crippen LogP) is 5.85. The lowest BCUT2D eigenvalue weighted by Crippen LogP contribution is -2.38. The van der Waals surface area contributed by atoms with Crippen molar-refractivity contribution in [3.63, 3.8) is 0 Å². The molecule has 0 bridgehead atoms. The van der Waals surface area contributed by atoms with E-state index in [-0.39, 0.29) is 17.7 Å². The molecule has 1 aliphatic carbocycles. The van der Waals surface area contributed by atoms with Crippen LogP contribution >= 0.6 is 34.5 Å². The Hall–Kier alpha value is -2.15. The van der Waals surface area contributed by atoms with E-state index in [0.717, 1.165) is 47.2 Å². The highest BCUT2D eigenvalue weighted by atomic mass is 35.5. The maximum Gasteiger partial charge on any atom is 0.280 e. The van der Waals surface area contributed by atoms with Crippen LogP contribution in [0.1, 0.15) is 47.5 Å². The van der Waals surface area contributed by atoms with Gasteiger partial charge in [0.15, 0.2) is 16.9 Å². The number of nitrogens with one attached hydrogen (secondary N) is 1.